The number of likely N-dealkylation sites (tertiary alicyclic amines) is 2. The second-order valence-corrected chi connectivity index (χ2v) is 17.7. The van der Waals surface area contributed by atoms with Crippen molar-refractivity contribution >= 4 is 56.7 Å². The van der Waals surface area contributed by atoms with Crippen molar-refractivity contribution in [1.82, 2.24) is 9.80 Å². The zero-order chi connectivity index (χ0) is 38.9. The molecule has 2 heterocycles. The minimum atomic E-state index is -4.48. The van der Waals surface area contributed by atoms with Gasteiger partial charge in [0.15, 0.2) is 34.7 Å². The fourth-order valence-corrected chi connectivity index (χ4v) is 8.63. The number of carbonyl (C=O) groups excluding carboxylic acids is 8. The number of benzene rings is 2. The van der Waals surface area contributed by atoms with Crippen LogP contribution in [0.1, 0.15) is 109 Å². The van der Waals surface area contributed by atoms with Gasteiger partial charge in [-0.1, -0.05) is 0 Å². The summed E-state index contributed by atoms with van der Waals surface area (Å²) in [6.45, 7) is 10.4. The molecule has 53 heavy (non-hydrogen) atoms. The van der Waals surface area contributed by atoms with E-state index in [9.17, 15) is 46.8 Å². The van der Waals surface area contributed by atoms with Crippen LogP contribution in [0.4, 0.5) is 9.59 Å². The SMILES string of the molecule is CC(C)(C)OC(=O)N1CCC[C@@H]1C(=O)C1C(=O)c2ccc(S(=O)(=O)c3ccc4c(c3)C(=O)C(C(=O)[C@H]3CCCN3C(=O)OC(C)(C)C)C4=O)cc2C1=O. The first-order valence-electron chi connectivity index (χ1n) is 17.4. The molecule has 4 atom stereocenters. The van der Waals surface area contributed by atoms with Gasteiger partial charge in [-0.2, -0.15) is 0 Å². The van der Waals surface area contributed by atoms with Gasteiger partial charge in [-0.15, -0.1) is 0 Å². The fourth-order valence-electron chi connectivity index (χ4n) is 7.32. The van der Waals surface area contributed by atoms with Gasteiger partial charge in [0.1, 0.15) is 23.0 Å². The van der Waals surface area contributed by atoms with Crippen molar-refractivity contribution in [3.05, 3.63) is 58.7 Å². The number of sulfone groups is 1. The standard InChI is InChI=1S/C38H40N2O12S/c1-37(2,3)51-35(47)39-15-7-9-25(39)33(45)27-29(41)21-13-11-19(17-23(21)31(27)43)53(49,50)20-12-14-22-24(18-20)32(44)28(30(22)42)34(46)26-10-8-16-40(26)36(48)52-38(4,5)6/h11-14,17-18,25-28H,7-10,15-16H2,1-6H3/t25-,26-,27?,28?/m1/s1. The van der Waals surface area contributed by atoms with Gasteiger partial charge in [-0.3, -0.25) is 38.6 Å². The molecule has 2 aliphatic carbocycles. The Balaban J connectivity index is 1.23. The number of amides is 2. The number of rotatable bonds is 6. The van der Waals surface area contributed by atoms with E-state index in [4.69, 9.17) is 9.47 Å². The average Bonchev–Trinajstić information content (AvgIpc) is 3.85. The molecule has 2 aliphatic heterocycles. The Bertz CT molecular complexity index is 1980. The number of hydrogen-bond acceptors (Lipinski definition) is 12. The lowest BCUT2D eigenvalue weighted by Gasteiger charge is -2.28. The molecule has 0 spiro atoms. The Morgan fingerprint density at radius 2 is 0.925 bits per heavy atom. The first-order chi connectivity index (χ1) is 24.6. The topological polar surface area (TPSA) is 196 Å². The van der Waals surface area contributed by atoms with Crippen molar-refractivity contribution in [1.29, 1.82) is 0 Å². The summed E-state index contributed by atoms with van der Waals surface area (Å²) in [7, 11) is -4.48. The van der Waals surface area contributed by atoms with Crippen LogP contribution >= 0.6 is 0 Å². The zero-order valence-electron chi connectivity index (χ0n) is 30.2. The van der Waals surface area contributed by atoms with E-state index in [0.717, 1.165) is 36.4 Å². The van der Waals surface area contributed by atoms with E-state index in [-0.39, 0.29) is 48.2 Å². The predicted octanol–water partition coefficient (Wildman–Crippen LogP) is 4.45. The Labute approximate surface area is 306 Å². The van der Waals surface area contributed by atoms with Gasteiger partial charge >= 0.3 is 12.2 Å². The molecule has 0 saturated carbocycles. The lowest BCUT2D eigenvalue weighted by molar-refractivity contribution is -0.125. The van der Waals surface area contributed by atoms with E-state index >= 15 is 0 Å². The molecule has 15 heteroatoms. The summed E-state index contributed by atoms with van der Waals surface area (Å²) in [5, 5.41) is 0. The molecule has 6 rings (SSSR count). The molecule has 2 aromatic carbocycles. The van der Waals surface area contributed by atoms with Crippen LogP contribution in [0.25, 0.3) is 0 Å². The maximum absolute atomic E-state index is 13.9. The quantitative estimate of drug-likeness (QED) is 0.377. The van der Waals surface area contributed by atoms with Gasteiger partial charge < -0.3 is 9.47 Å². The highest BCUT2D eigenvalue weighted by Gasteiger charge is 2.51. The summed E-state index contributed by atoms with van der Waals surface area (Å²) in [5.41, 5.74) is -2.52. The largest absolute Gasteiger partial charge is 0.444 e. The highest BCUT2D eigenvalue weighted by Crippen LogP contribution is 2.37. The third-order valence-electron chi connectivity index (χ3n) is 9.70. The van der Waals surface area contributed by atoms with E-state index in [2.05, 4.69) is 0 Å². The van der Waals surface area contributed by atoms with Crippen LogP contribution in [0, 0.1) is 11.8 Å². The minimum Gasteiger partial charge on any atom is -0.444 e. The van der Waals surface area contributed by atoms with Crippen LogP contribution in [-0.2, 0) is 28.9 Å². The number of ketones is 6. The van der Waals surface area contributed by atoms with Gasteiger partial charge in [0.2, 0.25) is 9.84 Å². The zero-order valence-corrected chi connectivity index (χ0v) is 31.0. The van der Waals surface area contributed by atoms with Crippen molar-refractivity contribution in [3.63, 3.8) is 0 Å². The van der Waals surface area contributed by atoms with Crippen LogP contribution in [0.5, 0.6) is 0 Å². The number of carbonyl (C=O) groups is 8. The van der Waals surface area contributed by atoms with Crippen molar-refractivity contribution in [3.8, 4) is 0 Å². The first kappa shape index (κ1) is 37.7. The maximum Gasteiger partial charge on any atom is 0.410 e. The molecular formula is C38H40N2O12S. The summed E-state index contributed by atoms with van der Waals surface area (Å²) in [5.74, 6) is -8.48. The molecule has 2 aromatic rings. The predicted molar refractivity (Wildman–Crippen MR) is 185 cm³/mol. The van der Waals surface area contributed by atoms with Gasteiger partial charge in [0, 0.05) is 35.3 Å². The Kier molecular flexibility index (Phi) is 9.33. The van der Waals surface area contributed by atoms with E-state index in [1.54, 1.807) is 41.5 Å². The van der Waals surface area contributed by atoms with Gasteiger partial charge in [-0.25, -0.2) is 18.0 Å². The van der Waals surface area contributed by atoms with Gasteiger partial charge in [-0.05, 0) is 104 Å². The normalized spacial score (nSPS) is 23.0. The Morgan fingerprint density at radius 1 is 0.585 bits per heavy atom. The summed E-state index contributed by atoms with van der Waals surface area (Å²) < 4.78 is 38.6. The average molecular weight is 749 g/mol. The molecule has 0 aromatic heterocycles. The smallest absolute Gasteiger partial charge is 0.410 e. The molecule has 2 unspecified atom stereocenters. The lowest BCUT2D eigenvalue weighted by atomic mass is 9.92. The lowest BCUT2D eigenvalue weighted by Crippen LogP contribution is -2.47. The maximum atomic E-state index is 13.9. The molecule has 0 N–H and O–H groups in total. The number of ether oxygens (including phenoxy) is 2. The molecule has 280 valence electrons. The van der Waals surface area contributed by atoms with Gasteiger partial charge in [0.25, 0.3) is 0 Å². The molecular weight excluding hydrogens is 708 g/mol. The number of nitrogens with zero attached hydrogens (tertiary/aromatic N) is 2. The third-order valence-corrected chi connectivity index (χ3v) is 11.4. The van der Waals surface area contributed by atoms with E-state index < -0.39 is 102 Å². The number of Topliss-reactive ketones (excluding diaryl/α,β-unsaturated/α-hetero) is 6. The van der Waals surface area contributed by atoms with Crippen LogP contribution in [0.3, 0.4) is 0 Å². The highest BCUT2D eigenvalue weighted by atomic mass is 32.2. The summed E-state index contributed by atoms with van der Waals surface area (Å²) >= 11 is 0. The van der Waals surface area contributed by atoms with Crippen molar-refractivity contribution < 1.29 is 56.2 Å². The third kappa shape index (κ3) is 6.70. The molecule has 4 aliphatic rings. The Hall–Kier alpha value is -5.05. The molecule has 14 nitrogen and oxygen atoms in total. The monoisotopic (exact) mass is 748 g/mol. The minimum absolute atomic E-state index is 0.141. The fraction of sp³-hybridized carbons (Fsp3) is 0.474. The van der Waals surface area contributed by atoms with Crippen molar-refractivity contribution in [2.45, 2.75) is 100 Å². The summed E-state index contributed by atoms with van der Waals surface area (Å²) in [6.07, 6.45) is -0.143. The second-order valence-electron chi connectivity index (χ2n) is 15.7. The van der Waals surface area contributed by atoms with E-state index in [1.807, 2.05) is 0 Å². The van der Waals surface area contributed by atoms with Crippen LogP contribution < -0.4 is 0 Å². The van der Waals surface area contributed by atoms with Crippen molar-refractivity contribution in [2.24, 2.45) is 11.8 Å². The second kappa shape index (κ2) is 13.1. The molecule has 0 bridgehead atoms. The van der Waals surface area contributed by atoms with E-state index in [0.29, 0.717) is 12.8 Å². The van der Waals surface area contributed by atoms with Crippen molar-refractivity contribution in [2.75, 3.05) is 13.1 Å². The molecule has 0 radical (unpaired) electrons. The van der Waals surface area contributed by atoms with Crippen LogP contribution in [0.2, 0.25) is 0 Å². The molecule has 2 amide bonds. The molecule has 2 saturated heterocycles. The van der Waals surface area contributed by atoms with Crippen LogP contribution in [-0.4, -0.2) is 101 Å². The highest BCUT2D eigenvalue weighted by molar-refractivity contribution is 7.91. The van der Waals surface area contributed by atoms with Gasteiger partial charge in [0.05, 0.1) is 21.9 Å². The first-order valence-corrected chi connectivity index (χ1v) is 18.9. The summed E-state index contributed by atoms with van der Waals surface area (Å²) in [6, 6.07) is 4.34. The number of hydrogen-bond donors (Lipinski definition) is 0. The Morgan fingerprint density at radius 3 is 1.26 bits per heavy atom. The van der Waals surface area contributed by atoms with E-state index in [1.165, 1.54) is 9.80 Å². The number of fused-ring (bicyclic) bond motifs is 2. The molecule has 2 fully saturated rings. The summed E-state index contributed by atoms with van der Waals surface area (Å²) in [4.78, 5) is 108. The van der Waals surface area contributed by atoms with Crippen LogP contribution in [0.15, 0.2) is 46.2 Å².